The van der Waals surface area contributed by atoms with Gasteiger partial charge in [0.1, 0.15) is 0 Å². The second kappa shape index (κ2) is 6.21. The molecule has 0 radical (unpaired) electrons. The van der Waals surface area contributed by atoms with Gasteiger partial charge in [-0.3, -0.25) is 4.98 Å². The second-order valence-corrected chi connectivity index (χ2v) is 5.80. The summed E-state index contributed by atoms with van der Waals surface area (Å²) in [7, 11) is 0. The fourth-order valence-corrected chi connectivity index (χ4v) is 2.98. The molecule has 0 saturated carbocycles. The van der Waals surface area contributed by atoms with E-state index in [2.05, 4.69) is 42.2 Å². The van der Waals surface area contributed by atoms with Crippen LogP contribution >= 0.6 is 11.6 Å². The van der Waals surface area contributed by atoms with Crippen LogP contribution < -0.4 is 0 Å². The molecule has 3 aromatic rings. The largest absolute Gasteiger partial charge is 0.315 e. The fourth-order valence-electron chi connectivity index (χ4n) is 2.66. The second-order valence-electron chi connectivity index (χ2n) is 5.40. The van der Waals surface area contributed by atoms with Crippen molar-refractivity contribution in [2.75, 3.05) is 0 Å². The van der Waals surface area contributed by atoms with Gasteiger partial charge in [0.05, 0.1) is 28.7 Å². The van der Waals surface area contributed by atoms with Gasteiger partial charge in [0.15, 0.2) is 0 Å². The molecule has 0 spiro atoms. The van der Waals surface area contributed by atoms with Crippen LogP contribution in [0.5, 0.6) is 0 Å². The zero-order chi connectivity index (χ0) is 15.5. The summed E-state index contributed by atoms with van der Waals surface area (Å²) in [5, 5.41) is 9.57. The van der Waals surface area contributed by atoms with Crippen LogP contribution in [0.2, 0.25) is 5.02 Å². The molecule has 3 nitrogen and oxygen atoms in total. The lowest BCUT2D eigenvalue weighted by molar-refractivity contribution is 0.899. The number of aromatic nitrogens is 2. The van der Waals surface area contributed by atoms with E-state index in [1.165, 1.54) is 11.1 Å². The van der Waals surface area contributed by atoms with Crippen molar-refractivity contribution in [1.82, 2.24) is 9.38 Å². The minimum atomic E-state index is 0.343. The molecule has 0 atom stereocenters. The Morgan fingerprint density at radius 1 is 1.23 bits per heavy atom. The number of nitriles is 1. The Bertz CT molecular complexity index is 841. The summed E-state index contributed by atoms with van der Waals surface area (Å²) in [5.74, 6) is 0. The molecule has 2 aromatic heterocycles. The fraction of sp³-hybridized carbons (Fsp3) is 0.222. The third kappa shape index (κ3) is 2.84. The average molecular weight is 310 g/mol. The van der Waals surface area contributed by atoms with Crippen LogP contribution in [0.25, 0.3) is 5.52 Å². The quantitative estimate of drug-likeness (QED) is 0.726. The zero-order valence-corrected chi connectivity index (χ0v) is 13.1. The smallest absolute Gasteiger partial charge is 0.0858 e. The van der Waals surface area contributed by atoms with Crippen LogP contribution in [0.3, 0.4) is 0 Å². The highest BCUT2D eigenvalue weighted by atomic mass is 35.5. The van der Waals surface area contributed by atoms with Gasteiger partial charge in [-0.15, -0.1) is 0 Å². The molecule has 22 heavy (non-hydrogen) atoms. The van der Waals surface area contributed by atoms with Gasteiger partial charge in [-0.25, -0.2) is 0 Å². The number of fused-ring (bicyclic) bond motifs is 1. The first-order valence-corrected chi connectivity index (χ1v) is 7.62. The standard InChI is InChI=1S/C18H16ClN3/c1-13-2-4-14(5-3-13)6-7-17-18-16(19)12-15(8-9-20)22(18)11-10-21-17/h2-5,10-12H,6-8H2,1H3. The molecule has 0 saturated heterocycles. The summed E-state index contributed by atoms with van der Waals surface area (Å²) in [6.07, 6.45) is 5.72. The highest BCUT2D eigenvalue weighted by Crippen LogP contribution is 2.25. The minimum Gasteiger partial charge on any atom is -0.315 e. The lowest BCUT2D eigenvalue weighted by Crippen LogP contribution is -2.00. The van der Waals surface area contributed by atoms with Crippen LogP contribution in [-0.2, 0) is 19.3 Å². The maximum atomic E-state index is 8.91. The topological polar surface area (TPSA) is 41.1 Å². The van der Waals surface area contributed by atoms with Gasteiger partial charge in [-0.2, -0.15) is 5.26 Å². The Morgan fingerprint density at radius 2 is 2.00 bits per heavy atom. The summed E-state index contributed by atoms with van der Waals surface area (Å²) < 4.78 is 1.98. The van der Waals surface area contributed by atoms with E-state index in [-0.39, 0.29) is 0 Å². The molecule has 0 aliphatic rings. The monoisotopic (exact) mass is 309 g/mol. The molecule has 3 rings (SSSR count). The number of rotatable bonds is 4. The van der Waals surface area contributed by atoms with E-state index < -0.39 is 0 Å². The van der Waals surface area contributed by atoms with Crippen molar-refractivity contribution < 1.29 is 0 Å². The number of hydrogen-bond donors (Lipinski definition) is 0. The van der Waals surface area contributed by atoms with Gasteiger partial charge in [0, 0.05) is 18.1 Å². The van der Waals surface area contributed by atoms with Gasteiger partial charge in [-0.05, 0) is 31.4 Å². The van der Waals surface area contributed by atoms with Crippen LogP contribution in [0.1, 0.15) is 22.5 Å². The normalized spacial score (nSPS) is 10.8. The summed E-state index contributed by atoms with van der Waals surface area (Å²) in [6.45, 7) is 2.09. The summed E-state index contributed by atoms with van der Waals surface area (Å²) in [6, 6.07) is 12.6. The molecule has 0 aliphatic carbocycles. The molecular weight excluding hydrogens is 294 g/mol. The van der Waals surface area contributed by atoms with Crippen molar-refractivity contribution in [3.63, 3.8) is 0 Å². The number of benzene rings is 1. The molecule has 0 unspecified atom stereocenters. The van der Waals surface area contributed by atoms with Gasteiger partial charge < -0.3 is 4.40 Å². The summed E-state index contributed by atoms with van der Waals surface area (Å²) >= 11 is 6.35. The zero-order valence-electron chi connectivity index (χ0n) is 12.4. The van der Waals surface area contributed by atoms with E-state index >= 15 is 0 Å². The lowest BCUT2D eigenvalue weighted by Gasteiger charge is -2.06. The number of hydrogen-bond acceptors (Lipinski definition) is 2. The van der Waals surface area contributed by atoms with Crippen LogP contribution in [0, 0.1) is 18.3 Å². The minimum absolute atomic E-state index is 0.343. The molecule has 1 aromatic carbocycles. The molecule has 110 valence electrons. The molecule has 0 bridgehead atoms. The van der Waals surface area contributed by atoms with Crippen molar-refractivity contribution in [3.8, 4) is 6.07 Å². The van der Waals surface area contributed by atoms with Crippen molar-refractivity contribution in [2.45, 2.75) is 26.2 Å². The predicted octanol–water partition coefficient (Wildman–Crippen LogP) is 4.15. The van der Waals surface area contributed by atoms with Crippen molar-refractivity contribution in [3.05, 3.63) is 70.3 Å². The van der Waals surface area contributed by atoms with Crippen molar-refractivity contribution >= 4 is 17.1 Å². The SMILES string of the molecule is Cc1ccc(CCc2nccn3c(CC#N)cc(Cl)c23)cc1. The Morgan fingerprint density at radius 3 is 2.73 bits per heavy atom. The molecule has 2 heterocycles. The van der Waals surface area contributed by atoms with Gasteiger partial charge >= 0.3 is 0 Å². The summed E-state index contributed by atoms with van der Waals surface area (Å²) in [4.78, 5) is 4.49. The van der Waals surface area contributed by atoms with Crippen LogP contribution in [-0.4, -0.2) is 9.38 Å². The van der Waals surface area contributed by atoms with E-state index in [0.29, 0.717) is 11.4 Å². The molecule has 0 fully saturated rings. The number of halogens is 1. The molecule has 0 N–H and O–H groups in total. The Kier molecular flexibility index (Phi) is 4.13. The first-order chi connectivity index (χ1) is 10.7. The third-order valence-corrected chi connectivity index (χ3v) is 4.11. The maximum absolute atomic E-state index is 8.91. The highest BCUT2D eigenvalue weighted by molar-refractivity contribution is 6.34. The Labute approximate surface area is 134 Å². The number of nitrogens with zero attached hydrogens (tertiary/aromatic N) is 3. The molecule has 0 aliphatic heterocycles. The van der Waals surface area contributed by atoms with E-state index in [4.69, 9.17) is 16.9 Å². The predicted molar refractivity (Wildman–Crippen MR) is 88.1 cm³/mol. The van der Waals surface area contributed by atoms with Crippen molar-refractivity contribution in [1.29, 1.82) is 5.26 Å². The lowest BCUT2D eigenvalue weighted by atomic mass is 10.1. The van der Waals surface area contributed by atoms with Crippen LogP contribution in [0.4, 0.5) is 0 Å². The van der Waals surface area contributed by atoms with Crippen LogP contribution in [0.15, 0.2) is 42.7 Å². The van der Waals surface area contributed by atoms with Crippen molar-refractivity contribution in [2.24, 2.45) is 0 Å². The number of aryl methyl sites for hydroxylation is 3. The van der Waals surface area contributed by atoms with E-state index in [0.717, 1.165) is 29.7 Å². The molecular formula is C18H16ClN3. The van der Waals surface area contributed by atoms with Gasteiger partial charge in [-0.1, -0.05) is 41.4 Å². The Hall–Kier alpha value is -2.31. The molecule has 4 heteroatoms. The first kappa shape index (κ1) is 14.6. The van der Waals surface area contributed by atoms with E-state index in [1.54, 1.807) is 6.20 Å². The maximum Gasteiger partial charge on any atom is 0.0858 e. The molecule has 0 amide bonds. The highest BCUT2D eigenvalue weighted by Gasteiger charge is 2.12. The van der Waals surface area contributed by atoms with E-state index in [9.17, 15) is 0 Å². The van der Waals surface area contributed by atoms with Gasteiger partial charge in [0.2, 0.25) is 0 Å². The first-order valence-electron chi connectivity index (χ1n) is 7.25. The van der Waals surface area contributed by atoms with E-state index in [1.807, 2.05) is 16.7 Å². The Balaban J connectivity index is 1.91. The third-order valence-electron chi connectivity index (χ3n) is 3.82. The van der Waals surface area contributed by atoms with Gasteiger partial charge in [0.25, 0.3) is 0 Å². The summed E-state index contributed by atoms with van der Waals surface area (Å²) in [5.41, 5.74) is 5.34. The average Bonchev–Trinajstić information content (AvgIpc) is 2.84.